The Morgan fingerprint density at radius 3 is 2.53 bits per heavy atom. The molecule has 0 bridgehead atoms. The average Bonchev–Trinajstić information content (AvgIpc) is 3.56. The molecule has 3 aromatic carbocycles. The number of ether oxygens (including phenoxy) is 1. The van der Waals surface area contributed by atoms with E-state index in [2.05, 4.69) is 29.2 Å². The number of aldehydes is 1. The maximum Gasteiger partial charge on any atom is 0.314 e. The monoisotopic (exact) mass is 532 g/mol. The molecule has 0 radical (unpaired) electrons. The standard InChI is InChI=1S/C30H32N2O5S/c1-36-27-18-21(9-10-22(27)19-31-15-5-6-16-31)17-26-25-7-3-4-8-28(25)38-30(26,35)23-11-13-24(14-12-23)32(37-2)29(34)20-33/h3-4,7-14,18,20,26,35H,5-6,15-17,19H2,1-2H3. The highest BCUT2D eigenvalue weighted by Gasteiger charge is 2.47. The van der Waals surface area contributed by atoms with Crippen LogP contribution in [0.3, 0.4) is 0 Å². The summed E-state index contributed by atoms with van der Waals surface area (Å²) >= 11 is 1.43. The minimum atomic E-state index is -1.23. The first-order chi connectivity index (χ1) is 18.5. The molecule has 2 aliphatic rings. The van der Waals surface area contributed by atoms with Crippen molar-refractivity contribution in [1.29, 1.82) is 0 Å². The van der Waals surface area contributed by atoms with Gasteiger partial charge in [0.15, 0.2) is 0 Å². The smallest absolute Gasteiger partial charge is 0.314 e. The molecule has 1 N–H and O–H groups in total. The Hall–Kier alpha value is -3.17. The normalized spacial score (nSPS) is 20.8. The molecule has 198 valence electrons. The van der Waals surface area contributed by atoms with Gasteiger partial charge in [0.25, 0.3) is 0 Å². The van der Waals surface area contributed by atoms with Crippen molar-refractivity contribution >= 4 is 29.6 Å². The Bertz CT molecular complexity index is 1310. The second-order valence-electron chi connectivity index (χ2n) is 9.70. The summed E-state index contributed by atoms with van der Waals surface area (Å²) < 4.78 is 5.78. The number of amides is 1. The van der Waals surface area contributed by atoms with Gasteiger partial charge in [0.1, 0.15) is 10.7 Å². The first-order valence-electron chi connectivity index (χ1n) is 12.8. The minimum Gasteiger partial charge on any atom is -0.496 e. The maximum atomic E-state index is 12.2. The van der Waals surface area contributed by atoms with Crippen molar-refractivity contribution in [2.75, 3.05) is 32.4 Å². The summed E-state index contributed by atoms with van der Waals surface area (Å²) in [6.07, 6.45) is 3.32. The predicted octanol–water partition coefficient (Wildman–Crippen LogP) is 4.66. The third-order valence-electron chi connectivity index (χ3n) is 7.42. The number of thioether (sulfide) groups is 1. The Morgan fingerprint density at radius 1 is 1.11 bits per heavy atom. The zero-order chi connectivity index (χ0) is 26.7. The van der Waals surface area contributed by atoms with Gasteiger partial charge < -0.3 is 9.84 Å². The maximum absolute atomic E-state index is 12.2. The second kappa shape index (κ2) is 11.3. The molecule has 0 saturated carbocycles. The van der Waals surface area contributed by atoms with E-state index in [4.69, 9.17) is 9.57 Å². The van der Waals surface area contributed by atoms with Gasteiger partial charge in [-0.2, -0.15) is 5.06 Å². The van der Waals surface area contributed by atoms with E-state index in [-0.39, 0.29) is 12.2 Å². The highest BCUT2D eigenvalue weighted by atomic mass is 32.2. The highest BCUT2D eigenvalue weighted by Crippen LogP contribution is 2.58. The fourth-order valence-electron chi connectivity index (χ4n) is 5.49. The fraction of sp³-hybridized carbons (Fsp3) is 0.333. The molecule has 38 heavy (non-hydrogen) atoms. The fourth-order valence-corrected chi connectivity index (χ4v) is 6.91. The number of hydrogen-bond donors (Lipinski definition) is 1. The molecule has 8 heteroatoms. The lowest BCUT2D eigenvalue weighted by molar-refractivity contribution is -0.133. The Morgan fingerprint density at radius 2 is 1.84 bits per heavy atom. The molecule has 2 unspecified atom stereocenters. The summed E-state index contributed by atoms with van der Waals surface area (Å²) in [5, 5.41) is 13.1. The SMILES string of the molecule is COc1cc(CC2c3ccccc3SC2(O)c2ccc(N(OC)C(=O)C=O)cc2)ccc1CN1CCCC1. The molecule has 0 aromatic heterocycles. The number of aliphatic hydroxyl groups is 1. The third-order valence-corrected chi connectivity index (χ3v) is 8.84. The Kier molecular flexibility index (Phi) is 7.85. The minimum absolute atomic E-state index is 0.203. The molecule has 1 fully saturated rings. The van der Waals surface area contributed by atoms with Crippen molar-refractivity contribution in [2.24, 2.45) is 0 Å². The number of benzene rings is 3. The zero-order valence-electron chi connectivity index (χ0n) is 21.6. The molecule has 3 aromatic rings. The molecule has 5 rings (SSSR count). The topological polar surface area (TPSA) is 79.3 Å². The van der Waals surface area contributed by atoms with Gasteiger partial charge in [0.2, 0.25) is 6.29 Å². The summed E-state index contributed by atoms with van der Waals surface area (Å²) in [5.41, 5.74) is 4.48. The largest absolute Gasteiger partial charge is 0.496 e. The van der Waals surface area contributed by atoms with Gasteiger partial charge in [-0.05, 0) is 73.3 Å². The molecule has 2 heterocycles. The van der Waals surface area contributed by atoms with E-state index < -0.39 is 10.8 Å². The van der Waals surface area contributed by atoms with E-state index in [1.54, 1.807) is 31.4 Å². The molecule has 1 amide bonds. The van der Waals surface area contributed by atoms with Crippen molar-refractivity contribution in [3.05, 3.63) is 89.0 Å². The van der Waals surface area contributed by atoms with Crippen LogP contribution in [0.2, 0.25) is 0 Å². The van der Waals surface area contributed by atoms with Crippen LogP contribution in [0, 0.1) is 0 Å². The van der Waals surface area contributed by atoms with E-state index in [1.165, 1.54) is 37.3 Å². The third kappa shape index (κ3) is 5.09. The van der Waals surface area contributed by atoms with E-state index in [0.29, 0.717) is 17.7 Å². The van der Waals surface area contributed by atoms with Gasteiger partial charge in [0.05, 0.1) is 19.9 Å². The molecule has 0 aliphatic carbocycles. The molecule has 0 spiro atoms. The number of hydroxylamine groups is 1. The second-order valence-corrected chi connectivity index (χ2v) is 11.0. The number of hydrogen-bond acceptors (Lipinski definition) is 7. The summed E-state index contributed by atoms with van der Waals surface area (Å²) in [6, 6.07) is 21.4. The van der Waals surface area contributed by atoms with Crippen molar-refractivity contribution in [1.82, 2.24) is 4.90 Å². The summed E-state index contributed by atoms with van der Waals surface area (Å²) in [4.78, 5) is 30.2. The van der Waals surface area contributed by atoms with E-state index in [0.717, 1.165) is 46.5 Å². The van der Waals surface area contributed by atoms with Gasteiger partial charge in [-0.15, -0.1) is 0 Å². The zero-order valence-corrected chi connectivity index (χ0v) is 22.4. The number of anilines is 1. The van der Waals surface area contributed by atoms with Crippen molar-refractivity contribution in [3.63, 3.8) is 0 Å². The summed E-state index contributed by atoms with van der Waals surface area (Å²) in [5.74, 6) is -0.138. The molecular weight excluding hydrogens is 500 g/mol. The lowest BCUT2D eigenvalue weighted by Gasteiger charge is -2.31. The number of methoxy groups -OCH3 is 1. The Balaban J connectivity index is 1.45. The average molecular weight is 533 g/mol. The van der Waals surface area contributed by atoms with Gasteiger partial charge >= 0.3 is 5.91 Å². The van der Waals surface area contributed by atoms with Gasteiger partial charge in [-0.25, -0.2) is 0 Å². The van der Waals surface area contributed by atoms with Crippen LogP contribution in [0.25, 0.3) is 0 Å². The van der Waals surface area contributed by atoms with Gasteiger partial charge in [-0.3, -0.25) is 19.3 Å². The summed E-state index contributed by atoms with van der Waals surface area (Å²) in [7, 11) is 3.04. The van der Waals surface area contributed by atoms with Crippen LogP contribution >= 0.6 is 11.8 Å². The molecule has 2 atom stereocenters. The van der Waals surface area contributed by atoms with Crippen LogP contribution in [0.1, 0.15) is 41.0 Å². The molecule has 2 aliphatic heterocycles. The number of nitrogens with zero attached hydrogens (tertiary/aromatic N) is 2. The molecule has 1 saturated heterocycles. The summed E-state index contributed by atoms with van der Waals surface area (Å²) in [6.45, 7) is 3.13. The van der Waals surface area contributed by atoms with Gasteiger partial charge in [-0.1, -0.05) is 54.2 Å². The van der Waals surface area contributed by atoms with Crippen LogP contribution in [0.5, 0.6) is 5.75 Å². The van der Waals surface area contributed by atoms with Crippen molar-refractivity contribution in [2.45, 2.75) is 41.6 Å². The van der Waals surface area contributed by atoms with Crippen LogP contribution in [0.4, 0.5) is 5.69 Å². The van der Waals surface area contributed by atoms with Crippen LogP contribution in [-0.2, 0) is 32.3 Å². The Labute approximate surface area is 227 Å². The van der Waals surface area contributed by atoms with Gasteiger partial charge in [0, 0.05) is 22.9 Å². The number of carbonyl (C=O) groups excluding carboxylic acids is 2. The van der Waals surface area contributed by atoms with Crippen LogP contribution < -0.4 is 9.80 Å². The number of likely N-dealkylation sites (tertiary alicyclic amines) is 1. The lowest BCUT2D eigenvalue weighted by atomic mass is 9.84. The molecular formula is C30H32N2O5S. The van der Waals surface area contributed by atoms with E-state index >= 15 is 0 Å². The first kappa shape index (κ1) is 26.4. The van der Waals surface area contributed by atoms with E-state index in [1.807, 2.05) is 18.2 Å². The first-order valence-corrected chi connectivity index (χ1v) is 13.6. The van der Waals surface area contributed by atoms with E-state index in [9.17, 15) is 14.7 Å². The van der Waals surface area contributed by atoms with Crippen LogP contribution in [-0.4, -0.2) is 49.5 Å². The molecule has 7 nitrogen and oxygen atoms in total. The van der Waals surface area contributed by atoms with Crippen molar-refractivity contribution < 1.29 is 24.3 Å². The predicted molar refractivity (Wildman–Crippen MR) is 147 cm³/mol. The van der Waals surface area contributed by atoms with Crippen LogP contribution in [0.15, 0.2) is 71.6 Å². The number of fused-ring (bicyclic) bond motifs is 1. The van der Waals surface area contributed by atoms with Crippen molar-refractivity contribution in [3.8, 4) is 5.75 Å². The highest BCUT2D eigenvalue weighted by molar-refractivity contribution is 8.00. The number of carbonyl (C=O) groups is 2. The quantitative estimate of drug-likeness (QED) is 0.244. The number of rotatable bonds is 9. The lowest BCUT2D eigenvalue weighted by Crippen LogP contribution is -2.31.